The number of hydrazone groups is 1. The first-order chi connectivity index (χ1) is 14.4. The summed E-state index contributed by atoms with van der Waals surface area (Å²) < 4.78 is 32.4. The zero-order valence-corrected chi connectivity index (χ0v) is 17.8. The van der Waals surface area contributed by atoms with E-state index >= 15 is 0 Å². The highest BCUT2D eigenvalue weighted by atomic mass is 35.5. The van der Waals surface area contributed by atoms with Gasteiger partial charge in [-0.15, -0.1) is 0 Å². The fourth-order valence-corrected chi connectivity index (χ4v) is 4.86. The second kappa shape index (κ2) is 9.88. The van der Waals surface area contributed by atoms with Crippen molar-refractivity contribution in [2.75, 3.05) is 13.2 Å². The second-order valence-electron chi connectivity index (χ2n) is 6.63. The lowest BCUT2D eigenvalue weighted by molar-refractivity contribution is -0.124. The summed E-state index contributed by atoms with van der Waals surface area (Å²) in [4.78, 5) is 12.7. The van der Waals surface area contributed by atoms with E-state index in [0.717, 1.165) is 5.56 Å². The Kier molecular flexibility index (Phi) is 7.25. The van der Waals surface area contributed by atoms with Crippen LogP contribution < -0.4 is 10.2 Å². The molecule has 1 heterocycles. The van der Waals surface area contributed by atoms with Crippen LogP contribution in [0, 0.1) is 0 Å². The van der Waals surface area contributed by atoms with Gasteiger partial charge in [-0.1, -0.05) is 24.3 Å². The van der Waals surface area contributed by atoms with E-state index in [9.17, 15) is 13.2 Å². The van der Waals surface area contributed by atoms with E-state index < -0.39 is 22.0 Å². The van der Waals surface area contributed by atoms with Gasteiger partial charge in [0.25, 0.3) is 5.91 Å². The normalized spacial score (nSPS) is 17.2. The average molecular weight is 448 g/mol. The monoisotopic (exact) mass is 447 g/mol. The highest BCUT2D eigenvalue weighted by Crippen LogP contribution is 2.27. The minimum Gasteiger partial charge on any atom is -0.490 e. The Balaban J connectivity index is 1.63. The maximum Gasteiger partial charge on any atom is 0.258 e. The van der Waals surface area contributed by atoms with E-state index in [1.807, 2.05) is 0 Å². The molecule has 7 nitrogen and oxygen atoms in total. The topological polar surface area (TPSA) is 88.1 Å². The Labute approximate surface area is 181 Å². The maximum atomic E-state index is 12.9. The summed E-state index contributed by atoms with van der Waals surface area (Å²) in [5.74, 6) is 0.234. The number of sulfonamides is 1. The van der Waals surface area contributed by atoms with Crippen molar-refractivity contribution in [2.45, 2.75) is 23.8 Å². The van der Waals surface area contributed by atoms with Crippen molar-refractivity contribution in [1.82, 2.24) is 9.73 Å². The molecule has 2 aromatic rings. The molecule has 9 heteroatoms. The quantitative estimate of drug-likeness (QED) is 0.382. The van der Waals surface area contributed by atoms with Crippen molar-refractivity contribution in [3.63, 3.8) is 0 Å². The van der Waals surface area contributed by atoms with Crippen LogP contribution in [0.5, 0.6) is 5.75 Å². The van der Waals surface area contributed by atoms with Crippen LogP contribution in [0.25, 0.3) is 0 Å². The van der Waals surface area contributed by atoms with E-state index in [1.165, 1.54) is 34.8 Å². The number of carbonyl (C=O) groups is 1. The number of carbonyl (C=O) groups excluding carboxylic acids is 1. The summed E-state index contributed by atoms with van der Waals surface area (Å²) in [5.41, 5.74) is 3.21. The molecular formula is C21H22ClN3O4S. The van der Waals surface area contributed by atoms with E-state index in [-0.39, 0.29) is 11.4 Å². The first kappa shape index (κ1) is 22.0. The van der Waals surface area contributed by atoms with Crippen molar-refractivity contribution in [2.24, 2.45) is 5.10 Å². The van der Waals surface area contributed by atoms with Crippen molar-refractivity contribution in [3.8, 4) is 5.75 Å². The summed E-state index contributed by atoms with van der Waals surface area (Å²) in [6.45, 7) is 4.28. The largest absolute Gasteiger partial charge is 0.490 e. The third-order valence-electron chi connectivity index (χ3n) is 4.56. The highest BCUT2D eigenvalue weighted by Gasteiger charge is 2.39. The lowest BCUT2D eigenvalue weighted by atomic mass is 10.2. The van der Waals surface area contributed by atoms with Crippen LogP contribution in [0.15, 0.2) is 71.2 Å². The van der Waals surface area contributed by atoms with Crippen LogP contribution in [-0.4, -0.2) is 44.0 Å². The molecule has 1 fully saturated rings. The van der Waals surface area contributed by atoms with Crippen LogP contribution >= 0.6 is 11.6 Å². The number of hydrogen-bond donors (Lipinski definition) is 1. The predicted octanol–water partition coefficient (Wildman–Crippen LogP) is 3.21. The molecule has 1 aliphatic rings. The Morgan fingerprint density at radius 2 is 1.93 bits per heavy atom. The molecule has 3 rings (SSSR count). The van der Waals surface area contributed by atoms with E-state index in [0.29, 0.717) is 30.2 Å². The summed E-state index contributed by atoms with van der Waals surface area (Å²) in [6.07, 6.45) is 4.18. The fourth-order valence-electron chi connectivity index (χ4n) is 3.08. The van der Waals surface area contributed by atoms with Crippen molar-refractivity contribution < 1.29 is 17.9 Å². The third kappa shape index (κ3) is 5.27. The van der Waals surface area contributed by atoms with Gasteiger partial charge in [-0.05, 0) is 66.9 Å². The molecule has 30 heavy (non-hydrogen) atoms. The Morgan fingerprint density at radius 3 is 2.60 bits per heavy atom. The van der Waals surface area contributed by atoms with Crippen LogP contribution in [-0.2, 0) is 14.8 Å². The van der Waals surface area contributed by atoms with E-state index in [1.54, 1.807) is 30.3 Å². The number of halogens is 1. The Morgan fingerprint density at radius 1 is 1.23 bits per heavy atom. The highest BCUT2D eigenvalue weighted by molar-refractivity contribution is 7.89. The molecule has 0 radical (unpaired) electrons. The summed E-state index contributed by atoms with van der Waals surface area (Å²) in [5, 5.41) is 4.40. The molecule has 0 bridgehead atoms. The number of nitrogens with one attached hydrogen (secondary N) is 1. The molecule has 0 aliphatic carbocycles. The number of hydrogen-bond acceptors (Lipinski definition) is 5. The lowest BCUT2D eigenvalue weighted by Crippen LogP contribution is -2.44. The summed E-state index contributed by atoms with van der Waals surface area (Å²) >= 11 is 5.84. The molecule has 0 aromatic heterocycles. The molecule has 0 saturated carbocycles. The zero-order chi connectivity index (χ0) is 21.6. The third-order valence-corrected chi connectivity index (χ3v) is 6.74. The average Bonchev–Trinajstić information content (AvgIpc) is 3.24. The predicted molar refractivity (Wildman–Crippen MR) is 116 cm³/mol. The van der Waals surface area contributed by atoms with Crippen molar-refractivity contribution in [3.05, 3.63) is 71.8 Å². The van der Waals surface area contributed by atoms with Crippen LogP contribution in [0.4, 0.5) is 0 Å². The van der Waals surface area contributed by atoms with Gasteiger partial charge in [0.1, 0.15) is 18.4 Å². The molecule has 1 aliphatic heterocycles. The molecule has 1 N–H and O–H groups in total. The number of ether oxygens (including phenoxy) is 1. The SMILES string of the molecule is C=CCOc1ccc(/C=N\NC(=O)[C@H]2CCCN2S(=O)(=O)c2ccc(Cl)cc2)cc1. The van der Waals surface area contributed by atoms with Gasteiger partial charge in [0.15, 0.2) is 0 Å². The lowest BCUT2D eigenvalue weighted by Gasteiger charge is -2.22. The van der Waals surface area contributed by atoms with Gasteiger partial charge in [0, 0.05) is 11.6 Å². The second-order valence-corrected chi connectivity index (χ2v) is 8.96. The molecular weight excluding hydrogens is 426 g/mol. The van der Waals surface area contributed by atoms with Gasteiger partial charge < -0.3 is 4.74 Å². The molecule has 0 spiro atoms. The Bertz CT molecular complexity index is 1020. The van der Waals surface area contributed by atoms with Gasteiger partial charge >= 0.3 is 0 Å². The Hall–Kier alpha value is -2.68. The molecule has 1 saturated heterocycles. The van der Waals surface area contributed by atoms with Gasteiger partial charge in [-0.25, -0.2) is 13.8 Å². The van der Waals surface area contributed by atoms with Crippen molar-refractivity contribution in [1.29, 1.82) is 0 Å². The number of rotatable bonds is 8. The number of nitrogens with zero attached hydrogens (tertiary/aromatic N) is 2. The van der Waals surface area contributed by atoms with Crippen molar-refractivity contribution >= 4 is 33.7 Å². The minimum absolute atomic E-state index is 0.105. The van der Waals surface area contributed by atoms with Gasteiger partial charge in [0.05, 0.1) is 11.1 Å². The van der Waals surface area contributed by atoms with E-state index in [2.05, 4.69) is 17.1 Å². The molecule has 0 unspecified atom stereocenters. The maximum absolute atomic E-state index is 12.9. The van der Waals surface area contributed by atoms with Gasteiger partial charge in [-0.2, -0.15) is 9.41 Å². The first-order valence-electron chi connectivity index (χ1n) is 9.36. The van der Waals surface area contributed by atoms with Crippen LogP contribution in [0.1, 0.15) is 18.4 Å². The fraction of sp³-hybridized carbons (Fsp3) is 0.238. The number of benzene rings is 2. The van der Waals surface area contributed by atoms with E-state index in [4.69, 9.17) is 16.3 Å². The molecule has 2 aromatic carbocycles. The standard InChI is InChI=1S/C21H22ClN3O4S/c1-2-14-29-18-9-5-16(6-10-18)15-23-24-21(26)20-4-3-13-25(20)30(27,28)19-11-7-17(22)8-12-19/h2,5-12,15,20H,1,3-4,13-14H2,(H,24,26)/b23-15-/t20-/m1/s1. The molecule has 1 amide bonds. The van der Waals surface area contributed by atoms with Gasteiger partial charge in [0.2, 0.25) is 10.0 Å². The molecule has 1 atom stereocenters. The van der Waals surface area contributed by atoms with Crippen LogP contribution in [0.3, 0.4) is 0 Å². The summed E-state index contributed by atoms with van der Waals surface area (Å²) in [6, 6.07) is 12.2. The zero-order valence-electron chi connectivity index (χ0n) is 16.2. The summed E-state index contributed by atoms with van der Waals surface area (Å²) in [7, 11) is -3.80. The molecule has 158 valence electrons. The minimum atomic E-state index is -3.80. The first-order valence-corrected chi connectivity index (χ1v) is 11.2. The van der Waals surface area contributed by atoms with Gasteiger partial charge in [-0.3, -0.25) is 4.79 Å². The number of amides is 1. The smallest absolute Gasteiger partial charge is 0.258 e. The van der Waals surface area contributed by atoms with Crippen LogP contribution in [0.2, 0.25) is 5.02 Å².